The smallest absolute Gasteiger partial charge is 0.341 e. The number of carbonyl (C=O) groups excluding carboxylic acids is 2. The van der Waals surface area contributed by atoms with E-state index in [9.17, 15) is 9.59 Å². The van der Waals surface area contributed by atoms with Crippen LogP contribution in [0.4, 0.5) is 0 Å². The lowest BCUT2D eigenvalue weighted by molar-refractivity contribution is 0.0480. The van der Waals surface area contributed by atoms with Gasteiger partial charge in [-0.1, -0.05) is 49.8 Å². The molecule has 0 aliphatic heterocycles. The molecule has 0 radical (unpaired) electrons. The predicted octanol–water partition coefficient (Wildman–Crippen LogP) is 4.65. The van der Waals surface area contributed by atoms with Crippen LogP contribution in [0.15, 0.2) is 43.0 Å². The predicted molar refractivity (Wildman–Crippen MR) is 106 cm³/mol. The number of hydrogen-bond acceptors (Lipinski definition) is 4. The molecule has 0 unspecified atom stereocenters. The number of hydrogen-bond donors (Lipinski definition) is 0. The van der Waals surface area contributed by atoms with Gasteiger partial charge in [0.05, 0.1) is 24.5 Å². The van der Waals surface area contributed by atoms with Gasteiger partial charge >= 0.3 is 11.9 Å². The van der Waals surface area contributed by atoms with E-state index in [1.807, 2.05) is 41.8 Å². The number of aromatic nitrogens is 1. The van der Waals surface area contributed by atoms with Gasteiger partial charge < -0.3 is 14.0 Å². The second kappa shape index (κ2) is 9.76. The van der Waals surface area contributed by atoms with E-state index in [-0.39, 0.29) is 18.8 Å². The summed E-state index contributed by atoms with van der Waals surface area (Å²) < 4.78 is 12.6. The molecule has 5 heteroatoms. The van der Waals surface area contributed by atoms with E-state index in [0.29, 0.717) is 24.2 Å². The molecule has 0 saturated heterocycles. The van der Waals surface area contributed by atoms with Gasteiger partial charge in [-0.25, -0.2) is 9.59 Å². The molecule has 27 heavy (non-hydrogen) atoms. The lowest BCUT2D eigenvalue weighted by atomic mass is 10.0. The number of allylic oxidation sites excluding steroid dienone is 1. The summed E-state index contributed by atoms with van der Waals surface area (Å²) in [7, 11) is 0. The highest BCUT2D eigenvalue weighted by molar-refractivity contribution is 6.09. The molecule has 1 heterocycles. The standard InChI is InChI=1S/C22H27NO4/c1-5-12-17-18(21(24)26-7-3)19(22(25)27-8-4)20(23(17)15-6-2)16-13-10-9-11-14-16/h6,9-11,13-14H,2,5,7-8,12,15H2,1,3-4H3. The summed E-state index contributed by atoms with van der Waals surface area (Å²) in [6.07, 6.45) is 3.22. The van der Waals surface area contributed by atoms with Crippen molar-refractivity contribution in [2.45, 2.75) is 40.2 Å². The first-order valence-corrected chi connectivity index (χ1v) is 9.36. The minimum atomic E-state index is -0.514. The van der Waals surface area contributed by atoms with Gasteiger partial charge in [0.15, 0.2) is 0 Å². The third-order valence-electron chi connectivity index (χ3n) is 4.18. The van der Waals surface area contributed by atoms with Crippen LogP contribution in [0.2, 0.25) is 0 Å². The van der Waals surface area contributed by atoms with Crippen molar-refractivity contribution in [3.8, 4) is 11.3 Å². The summed E-state index contributed by atoms with van der Waals surface area (Å²) in [5.41, 5.74) is 2.86. The molecule has 5 nitrogen and oxygen atoms in total. The fourth-order valence-electron chi connectivity index (χ4n) is 3.22. The maximum Gasteiger partial charge on any atom is 0.341 e. The Balaban J connectivity index is 2.89. The van der Waals surface area contributed by atoms with Crippen LogP contribution in [0.25, 0.3) is 11.3 Å². The van der Waals surface area contributed by atoms with Crippen LogP contribution in [0.1, 0.15) is 53.6 Å². The van der Waals surface area contributed by atoms with E-state index in [1.54, 1.807) is 19.9 Å². The lowest BCUT2D eigenvalue weighted by Crippen LogP contribution is -2.14. The van der Waals surface area contributed by atoms with Gasteiger partial charge in [-0.15, -0.1) is 6.58 Å². The van der Waals surface area contributed by atoms with Gasteiger partial charge in [-0.2, -0.15) is 0 Å². The van der Waals surface area contributed by atoms with Crippen molar-refractivity contribution >= 4 is 11.9 Å². The van der Waals surface area contributed by atoms with E-state index in [0.717, 1.165) is 17.7 Å². The molecule has 0 spiro atoms. The van der Waals surface area contributed by atoms with Crippen molar-refractivity contribution in [2.75, 3.05) is 13.2 Å². The summed E-state index contributed by atoms with van der Waals surface area (Å²) in [5.74, 6) is -1.01. The molecular formula is C22H27NO4. The summed E-state index contributed by atoms with van der Waals surface area (Å²) >= 11 is 0. The Kier molecular flexibility index (Phi) is 7.41. The number of esters is 2. The first-order valence-electron chi connectivity index (χ1n) is 9.36. The van der Waals surface area contributed by atoms with E-state index in [2.05, 4.69) is 6.58 Å². The summed E-state index contributed by atoms with van der Waals surface area (Å²) in [4.78, 5) is 25.7. The Bertz CT molecular complexity index is 805. The number of benzene rings is 1. The molecule has 0 aliphatic rings. The van der Waals surface area contributed by atoms with Gasteiger partial charge in [0.2, 0.25) is 0 Å². The second-order valence-electron chi connectivity index (χ2n) is 6.00. The molecule has 144 valence electrons. The van der Waals surface area contributed by atoms with Crippen molar-refractivity contribution in [3.05, 3.63) is 59.8 Å². The minimum Gasteiger partial charge on any atom is -0.462 e. The van der Waals surface area contributed by atoms with E-state index < -0.39 is 11.9 Å². The molecular weight excluding hydrogens is 342 g/mol. The van der Waals surface area contributed by atoms with E-state index in [1.165, 1.54) is 0 Å². The monoisotopic (exact) mass is 369 g/mol. The van der Waals surface area contributed by atoms with Crippen LogP contribution >= 0.6 is 0 Å². The number of rotatable bonds is 9. The molecule has 1 aromatic carbocycles. The first-order chi connectivity index (χ1) is 13.1. The summed E-state index contributed by atoms with van der Waals surface area (Å²) in [6.45, 7) is 10.3. The molecule has 2 aromatic rings. The third-order valence-corrected chi connectivity index (χ3v) is 4.18. The SMILES string of the molecule is C=CCn1c(CCC)c(C(=O)OCC)c(C(=O)OCC)c1-c1ccccc1. The van der Waals surface area contributed by atoms with Crippen molar-refractivity contribution in [3.63, 3.8) is 0 Å². The van der Waals surface area contributed by atoms with Crippen LogP contribution < -0.4 is 0 Å². The molecule has 1 aromatic heterocycles. The zero-order valence-corrected chi connectivity index (χ0v) is 16.3. The minimum absolute atomic E-state index is 0.227. The molecule has 2 rings (SSSR count). The van der Waals surface area contributed by atoms with Crippen molar-refractivity contribution in [1.29, 1.82) is 0 Å². The number of ether oxygens (including phenoxy) is 2. The number of nitrogens with zero attached hydrogens (tertiary/aromatic N) is 1. The maximum atomic E-state index is 12.9. The average Bonchev–Trinajstić information content (AvgIpc) is 2.98. The van der Waals surface area contributed by atoms with Crippen LogP contribution in [-0.2, 0) is 22.4 Å². The van der Waals surface area contributed by atoms with Crippen molar-refractivity contribution in [2.24, 2.45) is 0 Å². The maximum absolute atomic E-state index is 12.9. The Labute approximate surface area is 160 Å². The fourth-order valence-corrected chi connectivity index (χ4v) is 3.22. The van der Waals surface area contributed by atoms with Gasteiger partial charge in [0.25, 0.3) is 0 Å². The number of carbonyl (C=O) groups is 2. The topological polar surface area (TPSA) is 57.5 Å². The second-order valence-corrected chi connectivity index (χ2v) is 6.00. The highest BCUT2D eigenvalue weighted by Crippen LogP contribution is 2.34. The van der Waals surface area contributed by atoms with Gasteiger partial charge in [0, 0.05) is 12.2 Å². The lowest BCUT2D eigenvalue weighted by Gasteiger charge is -2.12. The van der Waals surface area contributed by atoms with Gasteiger partial charge in [-0.05, 0) is 25.8 Å². The van der Waals surface area contributed by atoms with E-state index in [4.69, 9.17) is 9.47 Å². The molecule has 0 amide bonds. The largest absolute Gasteiger partial charge is 0.462 e. The molecule has 0 aliphatic carbocycles. The Morgan fingerprint density at radius 2 is 1.59 bits per heavy atom. The van der Waals surface area contributed by atoms with Gasteiger partial charge in [0.1, 0.15) is 5.56 Å². The van der Waals surface area contributed by atoms with Crippen molar-refractivity contribution < 1.29 is 19.1 Å². The van der Waals surface area contributed by atoms with Crippen LogP contribution in [0.5, 0.6) is 0 Å². The summed E-state index contributed by atoms with van der Waals surface area (Å²) in [5, 5.41) is 0. The van der Waals surface area contributed by atoms with Crippen LogP contribution in [-0.4, -0.2) is 29.7 Å². The highest BCUT2D eigenvalue weighted by atomic mass is 16.5. The average molecular weight is 369 g/mol. The fraction of sp³-hybridized carbons (Fsp3) is 0.364. The Morgan fingerprint density at radius 3 is 2.11 bits per heavy atom. The Hall–Kier alpha value is -2.82. The van der Waals surface area contributed by atoms with E-state index >= 15 is 0 Å². The van der Waals surface area contributed by atoms with Crippen molar-refractivity contribution in [1.82, 2.24) is 4.57 Å². The molecule has 0 atom stereocenters. The highest BCUT2D eigenvalue weighted by Gasteiger charge is 2.32. The van der Waals surface area contributed by atoms with Crippen LogP contribution in [0.3, 0.4) is 0 Å². The molecule has 0 saturated carbocycles. The normalized spacial score (nSPS) is 10.5. The zero-order chi connectivity index (χ0) is 19.8. The van der Waals surface area contributed by atoms with Gasteiger partial charge in [-0.3, -0.25) is 0 Å². The molecule has 0 fully saturated rings. The third kappa shape index (κ3) is 4.30. The molecule has 0 N–H and O–H groups in total. The Morgan fingerprint density at radius 1 is 1.00 bits per heavy atom. The zero-order valence-electron chi connectivity index (χ0n) is 16.3. The molecule has 0 bridgehead atoms. The first kappa shape index (κ1) is 20.5. The summed E-state index contributed by atoms with van der Waals surface area (Å²) in [6, 6.07) is 9.55. The van der Waals surface area contributed by atoms with Crippen LogP contribution in [0, 0.1) is 0 Å². The quantitative estimate of drug-likeness (QED) is 0.477.